The van der Waals surface area contributed by atoms with Crippen molar-refractivity contribution in [1.82, 2.24) is 4.90 Å². The Hall–Kier alpha value is -3.19. The molecule has 0 radical (unpaired) electrons. The fourth-order valence-corrected chi connectivity index (χ4v) is 2.98. The van der Waals surface area contributed by atoms with Crippen molar-refractivity contribution in [1.29, 1.82) is 0 Å². The number of rotatable bonds is 6. The number of carbonyl (C=O) groups is 2. The van der Waals surface area contributed by atoms with Gasteiger partial charge >= 0.3 is 0 Å². The molecule has 0 aliphatic carbocycles. The molecule has 2 amide bonds. The fourth-order valence-electron chi connectivity index (χ4n) is 2.98. The van der Waals surface area contributed by atoms with Crippen LogP contribution >= 0.6 is 0 Å². The molecule has 1 N–H and O–H groups in total. The van der Waals surface area contributed by atoms with Crippen LogP contribution in [0.3, 0.4) is 0 Å². The van der Waals surface area contributed by atoms with Gasteiger partial charge in [-0.25, -0.2) is 4.39 Å². The molecule has 0 atom stereocenters. The number of hydrogen-bond acceptors (Lipinski definition) is 4. The van der Waals surface area contributed by atoms with Gasteiger partial charge in [0, 0.05) is 37.6 Å². The quantitative estimate of drug-likeness (QED) is 0.762. The van der Waals surface area contributed by atoms with E-state index in [1.165, 1.54) is 29.2 Å². The minimum absolute atomic E-state index is 0.0858. The molecule has 0 spiro atoms. The molecule has 3 rings (SSSR count). The third-order valence-corrected chi connectivity index (χ3v) is 4.55. The van der Waals surface area contributed by atoms with E-state index in [1.54, 1.807) is 19.2 Å². The molecule has 0 unspecified atom stereocenters. The lowest BCUT2D eigenvalue weighted by atomic mass is 10.2. The third-order valence-electron chi connectivity index (χ3n) is 4.55. The summed E-state index contributed by atoms with van der Waals surface area (Å²) in [6.07, 6.45) is 2.84. The van der Waals surface area contributed by atoms with E-state index in [0.29, 0.717) is 24.5 Å². The molecule has 1 aliphatic heterocycles. The van der Waals surface area contributed by atoms with Crippen LogP contribution in [0.25, 0.3) is 6.08 Å². The number of amides is 2. The molecule has 1 aliphatic rings. The van der Waals surface area contributed by atoms with Gasteiger partial charge in [0.25, 0.3) is 0 Å². The summed E-state index contributed by atoms with van der Waals surface area (Å²) in [4.78, 5) is 27.9. The second kappa shape index (κ2) is 9.84. The van der Waals surface area contributed by atoms with Gasteiger partial charge < -0.3 is 19.9 Å². The summed E-state index contributed by atoms with van der Waals surface area (Å²) in [6, 6.07) is 13.5. The van der Waals surface area contributed by atoms with E-state index in [0.717, 1.165) is 18.8 Å². The number of morpholine rings is 1. The second-order valence-electron chi connectivity index (χ2n) is 6.78. The van der Waals surface area contributed by atoms with Gasteiger partial charge in [-0.3, -0.25) is 9.59 Å². The highest BCUT2D eigenvalue weighted by Gasteiger charge is 2.13. The number of ether oxygens (including phenoxy) is 1. The Bertz CT molecular complexity index is 877. The Morgan fingerprint density at radius 3 is 2.59 bits per heavy atom. The minimum Gasteiger partial charge on any atom is -0.378 e. The Kier molecular flexibility index (Phi) is 6.97. The monoisotopic (exact) mass is 397 g/mol. The summed E-state index contributed by atoms with van der Waals surface area (Å²) in [5.74, 6) is -1.00. The molecule has 7 heteroatoms. The van der Waals surface area contributed by atoms with E-state index in [-0.39, 0.29) is 24.2 Å². The molecular weight excluding hydrogens is 373 g/mol. The zero-order valence-electron chi connectivity index (χ0n) is 16.3. The standard InChI is InChI=1S/C22H24FN3O3/c1-25(22(28)10-5-17-3-2-4-18(23)15-17)16-21(27)24-19-6-8-20(9-7-19)26-11-13-29-14-12-26/h2-10,15H,11-14,16H2,1H3,(H,24,27)/b10-5-. The van der Waals surface area contributed by atoms with E-state index in [4.69, 9.17) is 4.74 Å². The third kappa shape index (κ3) is 6.15. The van der Waals surface area contributed by atoms with Crippen LogP contribution in [0.1, 0.15) is 5.56 Å². The summed E-state index contributed by atoms with van der Waals surface area (Å²) < 4.78 is 18.5. The minimum atomic E-state index is -0.369. The maximum absolute atomic E-state index is 13.2. The molecule has 1 saturated heterocycles. The number of benzene rings is 2. The number of nitrogens with zero attached hydrogens (tertiary/aromatic N) is 2. The first kappa shape index (κ1) is 20.5. The number of nitrogens with one attached hydrogen (secondary N) is 1. The van der Waals surface area contributed by atoms with Crippen molar-refractivity contribution >= 4 is 29.3 Å². The van der Waals surface area contributed by atoms with Crippen LogP contribution in [-0.4, -0.2) is 56.6 Å². The smallest absolute Gasteiger partial charge is 0.246 e. The van der Waals surface area contributed by atoms with E-state index in [1.807, 2.05) is 24.3 Å². The maximum Gasteiger partial charge on any atom is 0.246 e. The van der Waals surface area contributed by atoms with Crippen molar-refractivity contribution < 1.29 is 18.7 Å². The van der Waals surface area contributed by atoms with Gasteiger partial charge in [-0.15, -0.1) is 0 Å². The van der Waals surface area contributed by atoms with Crippen molar-refractivity contribution in [3.05, 3.63) is 66.0 Å². The van der Waals surface area contributed by atoms with Crippen molar-refractivity contribution in [3.63, 3.8) is 0 Å². The van der Waals surface area contributed by atoms with Gasteiger partial charge in [0.05, 0.1) is 19.8 Å². The zero-order valence-corrected chi connectivity index (χ0v) is 16.3. The SMILES string of the molecule is CN(CC(=O)Nc1ccc(N2CCOCC2)cc1)C(=O)/C=C\c1cccc(F)c1. The van der Waals surface area contributed by atoms with Crippen molar-refractivity contribution in [2.75, 3.05) is 50.1 Å². The van der Waals surface area contributed by atoms with Gasteiger partial charge in [0.15, 0.2) is 0 Å². The normalized spacial score (nSPS) is 14.1. The first-order valence-corrected chi connectivity index (χ1v) is 9.42. The van der Waals surface area contributed by atoms with Crippen molar-refractivity contribution in [2.45, 2.75) is 0 Å². The molecule has 29 heavy (non-hydrogen) atoms. The highest BCUT2D eigenvalue weighted by atomic mass is 19.1. The average molecular weight is 397 g/mol. The Labute approximate surface area is 169 Å². The van der Waals surface area contributed by atoms with Gasteiger partial charge in [-0.1, -0.05) is 12.1 Å². The molecule has 0 bridgehead atoms. The second-order valence-corrected chi connectivity index (χ2v) is 6.78. The highest BCUT2D eigenvalue weighted by Crippen LogP contribution is 2.19. The zero-order chi connectivity index (χ0) is 20.6. The van der Waals surface area contributed by atoms with E-state index < -0.39 is 0 Å². The van der Waals surface area contributed by atoms with Crippen LogP contribution in [0.4, 0.5) is 15.8 Å². The van der Waals surface area contributed by atoms with E-state index in [9.17, 15) is 14.0 Å². The summed E-state index contributed by atoms with van der Waals surface area (Å²) in [6.45, 7) is 3.04. The first-order valence-electron chi connectivity index (χ1n) is 9.42. The Balaban J connectivity index is 1.49. The van der Waals surface area contributed by atoms with Gasteiger partial charge in [0.1, 0.15) is 5.82 Å². The molecule has 2 aromatic carbocycles. The molecule has 0 saturated carbocycles. The molecule has 1 heterocycles. The molecule has 152 valence electrons. The predicted molar refractivity (Wildman–Crippen MR) is 111 cm³/mol. The largest absolute Gasteiger partial charge is 0.378 e. The molecule has 6 nitrogen and oxygen atoms in total. The highest BCUT2D eigenvalue weighted by molar-refractivity contribution is 5.98. The lowest BCUT2D eigenvalue weighted by Gasteiger charge is -2.28. The van der Waals surface area contributed by atoms with Crippen molar-refractivity contribution in [3.8, 4) is 0 Å². The average Bonchev–Trinajstić information content (AvgIpc) is 2.73. The summed E-state index contributed by atoms with van der Waals surface area (Å²) in [5, 5.41) is 2.79. The number of hydrogen-bond donors (Lipinski definition) is 1. The lowest BCUT2D eigenvalue weighted by Crippen LogP contribution is -2.36. The van der Waals surface area contributed by atoms with Crippen LogP contribution in [0.15, 0.2) is 54.6 Å². The van der Waals surface area contributed by atoms with Crippen LogP contribution in [0, 0.1) is 5.82 Å². The molecule has 2 aromatic rings. The van der Waals surface area contributed by atoms with Gasteiger partial charge in [-0.2, -0.15) is 0 Å². The van der Waals surface area contributed by atoms with Gasteiger partial charge in [0.2, 0.25) is 11.8 Å². The number of carbonyl (C=O) groups excluding carboxylic acids is 2. The molecule has 0 aromatic heterocycles. The maximum atomic E-state index is 13.2. The van der Waals surface area contributed by atoms with Gasteiger partial charge in [-0.05, 0) is 48.0 Å². The number of likely N-dealkylation sites (N-methyl/N-ethyl adjacent to an activating group) is 1. The van der Waals surface area contributed by atoms with Crippen molar-refractivity contribution in [2.24, 2.45) is 0 Å². The van der Waals surface area contributed by atoms with Crippen LogP contribution < -0.4 is 10.2 Å². The van der Waals surface area contributed by atoms with Crippen LogP contribution in [-0.2, 0) is 14.3 Å². The van der Waals surface area contributed by atoms with E-state index in [2.05, 4.69) is 10.2 Å². The number of halogens is 1. The summed E-state index contributed by atoms with van der Waals surface area (Å²) in [5.41, 5.74) is 2.33. The summed E-state index contributed by atoms with van der Waals surface area (Å²) in [7, 11) is 1.54. The topological polar surface area (TPSA) is 61.9 Å². The Morgan fingerprint density at radius 1 is 1.17 bits per heavy atom. The lowest BCUT2D eigenvalue weighted by molar-refractivity contribution is -0.129. The number of anilines is 2. The Morgan fingerprint density at radius 2 is 1.90 bits per heavy atom. The molecule has 1 fully saturated rings. The molecular formula is C22H24FN3O3. The fraction of sp³-hybridized carbons (Fsp3) is 0.273. The van der Waals surface area contributed by atoms with Crippen LogP contribution in [0.5, 0.6) is 0 Å². The summed E-state index contributed by atoms with van der Waals surface area (Å²) >= 11 is 0. The van der Waals surface area contributed by atoms with Crippen LogP contribution in [0.2, 0.25) is 0 Å². The predicted octanol–water partition coefficient (Wildman–Crippen LogP) is 2.77. The first-order chi connectivity index (χ1) is 14.0. The van der Waals surface area contributed by atoms with E-state index >= 15 is 0 Å².